The first-order chi connectivity index (χ1) is 17.8. The summed E-state index contributed by atoms with van der Waals surface area (Å²) in [6, 6.07) is 20.4. The zero-order valence-electron chi connectivity index (χ0n) is 22.2. The van der Waals surface area contributed by atoms with Gasteiger partial charge < -0.3 is 15.2 Å². The summed E-state index contributed by atoms with van der Waals surface area (Å²) in [4.78, 5) is 21.0. The minimum absolute atomic E-state index is 0.0363. The van der Waals surface area contributed by atoms with Crippen LogP contribution in [0.2, 0.25) is 0 Å². The van der Waals surface area contributed by atoms with E-state index in [-0.39, 0.29) is 23.7 Å². The molecule has 1 aromatic heterocycles. The van der Waals surface area contributed by atoms with Gasteiger partial charge >= 0.3 is 0 Å². The van der Waals surface area contributed by atoms with E-state index >= 15 is 0 Å². The minimum Gasteiger partial charge on any atom is -0.330 e. The van der Waals surface area contributed by atoms with E-state index in [0.29, 0.717) is 31.6 Å². The number of aromatic nitrogens is 2. The molecule has 0 aliphatic rings. The van der Waals surface area contributed by atoms with Gasteiger partial charge in [0.15, 0.2) is 0 Å². The highest BCUT2D eigenvalue weighted by Crippen LogP contribution is 2.33. The lowest BCUT2D eigenvalue weighted by Gasteiger charge is -2.34. The second kappa shape index (κ2) is 11.7. The summed E-state index contributed by atoms with van der Waals surface area (Å²) in [6.07, 6.45) is 1.59. The fourth-order valence-corrected chi connectivity index (χ4v) is 4.91. The number of imidazole rings is 1. The topological polar surface area (TPSA) is 64.2 Å². The van der Waals surface area contributed by atoms with Gasteiger partial charge in [-0.3, -0.25) is 4.79 Å². The number of carbonyl (C=O) groups excluding carboxylic acids is 1. The normalized spacial score (nSPS) is 12.3. The maximum atomic E-state index is 14.1. The van der Waals surface area contributed by atoms with E-state index in [1.165, 1.54) is 11.6 Å². The number of fused-ring (bicyclic) bond motifs is 1. The van der Waals surface area contributed by atoms with Crippen molar-refractivity contribution < 1.29 is 9.18 Å². The Morgan fingerprint density at radius 3 is 2.46 bits per heavy atom. The first kappa shape index (κ1) is 26.6. The van der Waals surface area contributed by atoms with Gasteiger partial charge in [-0.05, 0) is 79.8 Å². The monoisotopic (exact) mass is 500 g/mol. The SMILES string of the molecule is CCc1ccc2c(c1)nc([C@@H](C(C)C)N(CCCN)C(=O)c1ccc(C)cc1)n2Cc1cccc(F)c1. The van der Waals surface area contributed by atoms with E-state index in [9.17, 15) is 9.18 Å². The molecule has 0 aliphatic heterocycles. The van der Waals surface area contributed by atoms with Crippen molar-refractivity contribution in [1.29, 1.82) is 0 Å². The Hall–Kier alpha value is -3.51. The number of hydrogen-bond donors (Lipinski definition) is 1. The Bertz CT molecular complexity index is 1360. The molecule has 4 aromatic rings. The Labute approximate surface area is 219 Å². The van der Waals surface area contributed by atoms with E-state index in [4.69, 9.17) is 10.7 Å². The Morgan fingerprint density at radius 2 is 1.81 bits per heavy atom. The fourth-order valence-electron chi connectivity index (χ4n) is 4.91. The highest BCUT2D eigenvalue weighted by atomic mass is 19.1. The molecular weight excluding hydrogens is 463 g/mol. The van der Waals surface area contributed by atoms with Crippen LogP contribution in [-0.2, 0) is 13.0 Å². The molecule has 0 saturated carbocycles. The number of carbonyl (C=O) groups is 1. The maximum absolute atomic E-state index is 14.1. The molecule has 0 radical (unpaired) electrons. The second-order valence-electron chi connectivity index (χ2n) is 10.1. The summed E-state index contributed by atoms with van der Waals surface area (Å²) in [5.74, 6) is 0.586. The molecule has 4 rings (SSSR count). The van der Waals surface area contributed by atoms with Gasteiger partial charge in [0.25, 0.3) is 5.91 Å². The van der Waals surface area contributed by atoms with Gasteiger partial charge in [-0.1, -0.05) is 56.7 Å². The molecule has 0 bridgehead atoms. The average Bonchev–Trinajstić information content (AvgIpc) is 3.22. The fraction of sp³-hybridized carbons (Fsp3) is 0.355. The molecule has 3 aromatic carbocycles. The van der Waals surface area contributed by atoms with Crippen molar-refractivity contribution in [3.63, 3.8) is 0 Å². The molecule has 0 spiro atoms. The first-order valence-corrected chi connectivity index (χ1v) is 13.1. The number of nitrogens with two attached hydrogens (primary N) is 1. The lowest BCUT2D eigenvalue weighted by molar-refractivity contribution is 0.0605. The molecule has 37 heavy (non-hydrogen) atoms. The van der Waals surface area contributed by atoms with Crippen molar-refractivity contribution in [3.05, 3.63) is 101 Å². The van der Waals surface area contributed by atoms with Crippen LogP contribution in [0.4, 0.5) is 4.39 Å². The quantitative estimate of drug-likeness (QED) is 0.279. The lowest BCUT2D eigenvalue weighted by Crippen LogP contribution is -2.40. The maximum Gasteiger partial charge on any atom is 0.254 e. The van der Waals surface area contributed by atoms with Gasteiger partial charge in [0, 0.05) is 18.7 Å². The van der Waals surface area contributed by atoms with Crippen LogP contribution in [0, 0.1) is 18.7 Å². The predicted molar refractivity (Wildman–Crippen MR) is 148 cm³/mol. The van der Waals surface area contributed by atoms with Crippen LogP contribution >= 0.6 is 0 Å². The molecule has 0 aliphatic carbocycles. The van der Waals surface area contributed by atoms with Gasteiger partial charge in [0.05, 0.1) is 17.1 Å². The van der Waals surface area contributed by atoms with Crippen LogP contribution in [0.5, 0.6) is 0 Å². The van der Waals surface area contributed by atoms with Gasteiger partial charge in [0.2, 0.25) is 0 Å². The van der Waals surface area contributed by atoms with E-state index in [0.717, 1.165) is 34.4 Å². The van der Waals surface area contributed by atoms with Crippen molar-refractivity contribution in [2.24, 2.45) is 11.7 Å². The van der Waals surface area contributed by atoms with Crippen LogP contribution in [0.25, 0.3) is 11.0 Å². The zero-order chi connectivity index (χ0) is 26.5. The van der Waals surface area contributed by atoms with Crippen LogP contribution in [-0.4, -0.2) is 33.4 Å². The zero-order valence-corrected chi connectivity index (χ0v) is 22.2. The Balaban J connectivity index is 1.87. The van der Waals surface area contributed by atoms with Crippen molar-refractivity contribution in [2.75, 3.05) is 13.1 Å². The number of halogens is 1. The smallest absolute Gasteiger partial charge is 0.254 e. The van der Waals surface area contributed by atoms with E-state index in [1.807, 2.05) is 42.2 Å². The molecule has 5 nitrogen and oxygen atoms in total. The van der Waals surface area contributed by atoms with Gasteiger partial charge in [-0.2, -0.15) is 0 Å². The first-order valence-electron chi connectivity index (χ1n) is 13.1. The predicted octanol–water partition coefficient (Wildman–Crippen LogP) is 6.28. The van der Waals surface area contributed by atoms with E-state index < -0.39 is 0 Å². The Morgan fingerprint density at radius 1 is 1.05 bits per heavy atom. The molecule has 6 heteroatoms. The van der Waals surface area contributed by atoms with Gasteiger partial charge in [-0.25, -0.2) is 9.37 Å². The van der Waals surface area contributed by atoms with Gasteiger partial charge in [-0.15, -0.1) is 0 Å². The third-order valence-corrected chi connectivity index (χ3v) is 6.87. The molecule has 0 unspecified atom stereocenters. The van der Waals surface area contributed by atoms with Crippen molar-refractivity contribution in [2.45, 2.75) is 53.1 Å². The van der Waals surface area contributed by atoms with Crippen molar-refractivity contribution in [1.82, 2.24) is 14.5 Å². The molecular formula is C31H37FN4O. The Kier molecular flexibility index (Phi) is 8.39. The summed E-state index contributed by atoms with van der Waals surface area (Å²) in [5, 5.41) is 0. The number of benzene rings is 3. The summed E-state index contributed by atoms with van der Waals surface area (Å²) in [7, 11) is 0. The molecule has 0 saturated heterocycles. The summed E-state index contributed by atoms with van der Waals surface area (Å²) < 4.78 is 16.2. The van der Waals surface area contributed by atoms with Crippen molar-refractivity contribution >= 4 is 16.9 Å². The number of rotatable bonds is 10. The van der Waals surface area contributed by atoms with E-state index in [1.54, 1.807) is 12.1 Å². The number of aryl methyl sites for hydroxylation is 2. The highest BCUT2D eigenvalue weighted by Gasteiger charge is 2.32. The summed E-state index contributed by atoms with van der Waals surface area (Å²) in [5.41, 5.74) is 11.6. The van der Waals surface area contributed by atoms with E-state index in [2.05, 4.69) is 43.5 Å². The van der Waals surface area contributed by atoms with Crippen molar-refractivity contribution in [3.8, 4) is 0 Å². The number of amides is 1. The average molecular weight is 501 g/mol. The third kappa shape index (κ3) is 5.91. The highest BCUT2D eigenvalue weighted by molar-refractivity contribution is 5.94. The number of hydrogen-bond acceptors (Lipinski definition) is 3. The largest absolute Gasteiger partial charge is 0.330 e. The molecule has 2 N–H and O–H groups in total. The van der Waals surface area contributed by atoms with Crippen LogP contribution in [0.1, 0.15) is 66.1 Å². The standard InChI is InChI=1S/C31H37FN4O/c1-5-23-12-15-28-27(19-23)34-30(36(28)20-24-8-6-9-26(32)18-24)29(21(2)3)35(17-7-16-33)31(37)25-13-10-22(4)11-14-25/h6,8-15,18-19,21,29H,5,7,16-17,20,33H2,1-4H3/t29-/m1/s1. The molecule has 1 amide bonds. The van der Waals surface area contributed by atoms with Crippen LogP contribution < -0.4 is 5.73 Å². The molecule has 1 heterocycles. The van der Waals surface area contributed by atoms with Crippen LogP contribution in [0.15, 0.2) is 66.7 Å². The lowest BCUT2D eigenvalue weighted by atomic mass is 9.99. The summed E-state index contributed by atoms with van der Waals surface area (Å²) >= 11 is 0. The molecule has 194 valence electrons. The molecule has 0 fully saturated rings. The van der Waals surface area contributed by atoms with Crippen LogP contribution in [0.3, 0.4) is 0 Å². The third-order valence-electron chi connectivity index (χ3n) is 6.87. The summed E-state index contributed by atoms with van der Waals surface area (Å²) in [6.45, 7) is 9.84. The second-order valence-corrected chi connectivity index (χ2v) is 10.1. The van der Waals surface area contributed by atoms with Gasteiger partial charge in [0.1, 0.15) is 11.6 Å². The minimum atomic E-state index is -0.286. The number of nitrogens with zero attached hydrogens (tertiary/aromatic N) is 3. The molecule has 1 atom stereocenters.